The second kappa shape index (κ2) is 3.99. The second-order valence-corrected chi connectivity index (χ2v) is 6.59. The first-order valence-electron chi connectivity index (χ1n) is 4.53. The molecule has 0 aliphatic heterocycles. The molecule has 0 aliphatic rings. The number of sulfone groups is 1. The van der Waals surface area contributed by atoms with Crippen LogP contribution in [0.1, 0.15) is 18.1 Å². The maximum atomic E-state index is 11.3. The van der Waals surface area contributed by atoms with Gasteiger partial charge in [0.05, 0.1) is 0 Å². The van der Waals surface area contributed by atoms with E-state index in [4.69, 9.17) is 4.52 Å². The lowest BCUT2D eigenvalue weighted by Crippen LogP contribution is -2.07. The standard InChI is InChI=1S/C9H10N2O3S2/c1-6(16(2,12)13)9-10-8(11-14-9)7-3-4-15-5-7/h3-6H,1-2H3/t6-/m0/s1. The van der Waals surface area contributed by atoms with E-state index in [0.29, 0.717) is 5.82 Å². The summed E-state index contributed by atoms with van der Waals surface area (Å²) in [6.07, 6.45) is 1.14. The molecule has 0 spiro atoms. The van der Waals surface area contributed by atoms with Gasteiger partial charge in [0.25, 0.3) is 0 Å². The van der Waals surface area contributed by atoms with Gasteiger partial charge in [-0.2, -0.15) is 16.3 Å². The Morgan fingerprint density at radius 1 is 1.50 bits per heavy atom. The molecule has 2 aromatic heterocycles. The van der Waals surface area contributed by atoms with Crippen molar-refractivity contribution < 1.29 is 12.9 Å². The van der Waals surface area contributed by atoms with E-state index in [9.17, 15) is 8.42 Å². The van der Waals surface area contributed by atoms with Gasteiger partial charge in [-0.25, -0.2) is 8.42 Å². The van der Waals surface area contributed by atoms with Crippen LogP contribution in [-0.4, -0.2) is 24.8 Å². The fourth-order valence-electron chi connectivity index (χ4n) is 1.09. The van der Waals surface area contributed by atoms with E-state index in [2.05, 4.69) is 10.1 Å². The van der Waals surface area contributed by atoms with Gasteiger partial charge in [-0.1, -0.05) is 5.16 Å². The molecule has 0 saturated carbocycles. The number of aromatic nitrogens is 2. The van der Waals surface area contributed by atoms with Crippen LogP contribution in [-0.2, 0) is 9.84 Å². The van der Waals surface area contributed by atoms with Crippen LogP contribution in [0.25, 0.3) is 11.4 Å². The number of hydrogen-bond acceptors (Lipinski definition) is 6. The molecule has 86 valence electrons. The third kappa shape index (κ3) is 2.14. The van der Waals surface area contributed by atoms with Gasteiger partial charge < -0.3 is 4.52 Å². The first-order valence-corrected chi connectivity index (χ1v) is 7.43. The zero-order valence-corrected chi connectivity index (χ0v) is 10.4. The molecular weight excluding hydrogens is 248 g/mol. The molecule has 0 aromatic carbocycles. The highest BCUT2D eigenvalue weighted by molar-refractivity contribution is 7.90. The Bertz CT molecular complexity index is 572. The van der Waals surface area contributed by atoms with E-state index in [1.807, 2.05) is 16.8 Å². The molecule has 0 bridgehead atoms. The Kier molecular flexibility index (Phi) is 2.81. The van der Waals surface area contributed by atoms with E-state index in [0.717, 1.165) is 11.8 Å². The molecule has 1 atom stereocenters. The topological polar surface area (TPSA) is 73.1 Å². The lowest BCUT2D eigenvalue weighted by molar-refractivity contribution is 0.377. The summed E-state index contributed by atoms with van der Waals surface area (Å²) in [5.41, 5.74) is 0.834. The molecule has 0 saturated heterocycles. The van der Waals surface area contributed by atoms with Crippen LogP contribution in [0.15, 0.2) is 21.3 Å². The van der Waals surface area contributed by atoms with Crippen LogP contribution < -0.4 is 0 Å². The lowest BCUT2D eigenvalue weighted by Gasteiger charge is -2.01. The van der Waals surface area contributed by atoms with Gasteiger partial charge >= 0.3 is 0 Å². The van der Waals surface area contributed by atoms with Crippen LogP contribution in [0.4, 0.5) is 0 Å². The van der Waals surface area contributed by atoms with Crippen molar-refractivity contribution in [2.45, 2.75) is 12.2 Å². The van der Waals surface area contributed by atoms with Crippen LogP contribution in [0.3, 0.4) is 0 Å². The summed E-state index contributed by atoms with van der Waals surface area (Å²) >= 11 is 1.52. The fraction of sp³-hybridized carbons (Fsp3) is 0.333. The Hall–Kier alpha value is -1.21. The minimum atomic E-state index is -3.21. The van der Waals surface area contributed by atoms with Crippen LogP contribution in [0, 0.1) is 0 Å². The van der Waals surface area contributed by atoms with E-state index in [1.54, 1.807) is 0 Å². The molecule has 5 nitrogen and oxygen atoms in total. The molecule has 0 amide bonds. The molecule has 16 heavy (non-hydrogen) atoms. The quantitative estimate of drug-likeness (QED) is 0.840. The van der Waals surface area contributed by atoms with Gasteiger partial charge in [-0.15, -0.1) is 0 Å². The average molecular weight is 258 g/mol. The smallest absolute Gasteiger partial charge is 0.244 e. The number of nitrogens with zero attached hydrogens (tertiary/aromatic N) is 2. The lowest BCUT2D eigenvalue weighted by atomic mass is 10.3. The maximum Gasteiger partial charge on any atom is 0.244 e. The zero-order valence-electron chi connectivity index (χ0n) is 8.75. The molecule has 2 rings (SSSR count). The number of rotatable bonds is 3. The van der Waals surface area contributed by atoms with Crippen molar-refractivity contribution in [3.63, 3.8) is 0 Å². The molecule has 2 aromatic rings. The van der Waals surface area contributed by atoms with Crippen molar-refractivity contribution in [2.75, 3.05) is 6.26 Å². The summed E-state index contributed by atoms with van der Waals surface area (Å²) in [7, 11) is -3.21. The van der Waals surface area contributed by atoms with Gasteiger partial charge in [0.1, 0.15) is 5.25 Å². The minimum absolute atomic E-state index is 0.128. The molecule has 0 unspecified atom stereocenters. The normalized spacial score (nSPS) is 13.9. The largest absolute Gasteiger partial charge is 0.338 e. The Labute approximate surface area is 97.0 Å². The first-order chi connectivity index (χ1) is 7.48. The Morgan fingerprint density at radius 3 is 2.81 bits per heavy atom. The summed E-state index contributed by atoms with van der Waals surface area (Å²) in [5.74, 6) is 0.551. The van der Waals surface area contributed by atoms with Crippen molar-refractivity contribution in [3.8, 4) is 11.4 Å². The monoisotopic (exact) mass is 258 g/mol. The zero-order chi connectivity index (χ0) is 11.8. The SMILES string of the molecule is C[C@@H](c1nc(-c2ccsc2)no1)S(C)(=O)=O. The van der Waals surface area contributed by atoms with Gasteiger partial charge in [0, 0.05) is 17.2 Å². The fourth-order valence-corrected chi connectivity index (χ4v) is 2.19. The second-order valence-electron chi connectivity index (χ2n) is 3.44. The predicted molar refractivity (Wildman–Crippen MR) is 60.9 cm³/mol. The van der Waals surface area contributed by atoms with Crippen molar-refractivity contribution in [1.82, 2.24) is 10.1 Å². The van der Waals surface area contributed by atoms with Crippen LogP contribution in [0.2, 0.25) is 0 Å². The van der Waals surface area contributed by atoms with Gasteiger partial charge in [0.2, 0.25) is 11.7 Å². The van der Waals surface area contributed by atoms with E-state index < -0.39 is 15.1 Å². The highest BCUT2D eigenvalue weighted by atomic mass is 32.2. The molecule has 0 aliphatic carbocycles. The van der Waals surface area contributed by atoms with Gasteiger partial charge in [-0.3, -0.25) is 0 Å². The molecule has 0 fully saturated rings. The number of thiophene rings is 1. The van der Waals surface area contributed by atoms with Crippen LogP contribution in [0.5, 0.6) is 0 Å². The Morgan fingerprint density at radius 2 is 2.25 bits per heavy atom. The number of hydrogen-bond donors (Lipinski definition) is 0. The van der Waals surface area contributed by atoms with E-state index in [1.165, 1.54) is 18.3 Å². The summed E-state index contributed by atoms with van der Waals surface area (Å²) in [6.45, 7) is 1.53. The van der Waals surface area contributed by atoms with Crippen LogP contribution >= 0.6 is 11.3 Å². The van der Waals surface area contributed by atoms with Crippen molar-refractivity contribution in [2.24, 2.45) is 0 Å². The summed E-state index contributed by atoms with van der Waals surface area (Å²) in [6, 6.07) is 1.85. The van der Waals surface area contributed by atoms with Crippen molar-refractivity contribution in [1.29, 1.82) is 0 Å². The third-order valence-corrected chi connectivity index (χ3v) is 4.38. The average Bonchev–Trinajstić information content (AvgIpc) is 2.85. The van der Waals surface area contributed by atoms with Gasteiger partial charge in [-0.05, 0) is 18.4 Å². The van der Waals surface area contributed by atoms with Gasteiger partial charge in [0.15, 0.2) is 9.84 Å². The first kappa shape index (κ1) is 11.3. The highest BCUT2D eigenvalue weighted by Crippen LogP contribution is 2.23. The summed E-state index contributed by atoms with van der Waals surface area (Å²) in [4.78, 5) is 4.07. The van der Waals surface area contributed by atoms with Crippen molar-refractivity contribution in [3.05, 3.63) is 22.7 Å². The summed E-state index contributed by atoms with van der Waals surface area (Å²) in [5, 5.41) is 6.75. The third-order valence-electron chi connectivity index (χ3n) is 2.21. The van der Waals surface area contributed by atoms with Crippen molar-refractivity contribution >= 4 is 21.2 Å². The Balaban J connectivity index is 2.34. The summed E-state index contributed by atoms with van der Waals surface area (Å²) < 4.78 is 27.5. The maximum absolute atomic E-state index is 11.3. The molecule has 0 radical (unpaired) electrons. The highest BCUT2D eigenvalue weighted by Gasteiger charge is 2.24. The van der Waals surface area contributed by atoms with E-state index >= 15 is 0 Å². The molecule has 0 N–H and O–H groups in total. The van der Waals surface area contributed by atoms with E-state index in [-0.39, 0.29) is 5.89 Å². The molecule has 7 heteroatoms. The minimum Gasteiger partial charge on any atom is -0.338 e. The molecular formula is C9H10N2O3S2. The predicted octanol–water partition coefficient (Wildman–Crippen LogP) is 1.90. The molecule has 2 heterocycles.